The summed E-state index contributed by atoms with van der Waals surface area (Å²) in [6.07, 6.45) is 7.38. The van der Waals surface area contributed by atoms with Crippen molar-refractivity contribution in [1.82, 2.24) is 9.88 Å². The molecule has 1 saturated heterocycles. The Hall–Kier alpha value is -1.27. The first-order valence-corrected chi connectivity index (χ1v) is 9.49. The predicted molar refractivity (Wildman–Crippen MR) is 90.7 cm³/mol. The molecule has 0 spiro atoms. The van der Waals surface area contributed by atoms with E-state index in [-0.39, 0.29) is 23.7 Å². The second-order valence-corrected chi connectivity index (χ2v) is 7.10. The van der Waals surface area contributed by atoms with Crippen LogP contribution in [0.25, 0.3) is 0 Å². The molecule has 2 heterocycles. The molecule has 0 unspecified atom stereocenters. The number of carbonyl (C=O) groups is 1. The van der Waals surface area contributed by atoms with Crippen molar-refractivity contribution in [3.8, 4) is 5.88 Å². The molecule has 126 valence electrons. The van der Waals surface area contributed by atoms with Crippen molar-refractivity contribution in [3.63, 3.8) is 0 Å². The standard InChI is InChI=1S/C17H24N2O3S/c1-21-17-7-6-13(22-15-5-3-4-9-18-15)11-14(17)19(10-8-17)16(20)12-23-2/h3-5,9,13-14H,6-8,10-12H2,1-2H3/t13-,14+,17-/m1/s1. The topological polar surface area (TPSA) is 51.7 Å². The second-order valence-electron chi connectivity index (χ2n) is 6.24. The van der Waals surface area contributed by atoms with Gasteiger partial charge in [0, 0.05) is 32.3 Å². The lowest BCUT2D eigenvalue weighted by atomic mass is 9.79. The van der Waals surface area contributed by atoms with Crippen LogP contribution in [0.1, 0.15) is 25.7 Å². The number of hydrogen-bond acceptors (Lipinski definition) is 5. The van der Waals surface area contributed by atoms with Crippen LogP contribution in [0, 0.1) is 0 Å². The highest BCUT2D eigenvalue weighted by Crippen LogP contribution is 2.43. The van der Waals surface area contributed by atoms with Gasteiger partial charge in [0.15, 0.2) is 0 Å². The van der Waals surface area contributed by atoms with Crippen LogP contribution in [-0.4, -0.2) is 59.2 Å². The number of rotatable bonds is 5. The number of carbonyl (C=O) groups excluding carboxylic acids is 1. The van der Waals surface area contributed by atoms with Crippen molar-refractivity contribution in [2.75, 3.05) is 25.7 Å². The number of amides is 1. The van der Waals surface area contributed by atoms with Gasteiger partial charge in [0.2, 0.25) is 11.8 Å². The summed E-state index contributed by atoms with van der Waals surface area (Å²) in [6.45, 7) is 0.786. The SMILES string of the molecule is CO[C@@]12CC[C@@H](Oc3ccccn3)C[C@@H]1N(C(=O)CSC)CC2. The quantitative estimate of drug-likeness (QED) is 0.826. The summed E-state index contributed by atoms with van der Waals surface area (Å²) in [4.78, 5) is 18.7. The Morgan fingerprint density at radius 3 is 3.04 bits per heavy atom. The van der Waals surface area contributed by atoms with Gasteiger partial charge < -0.3 is 14.4 Å². The molecule has 0 aromatic carbocycles. The summed E-state index contributed by atoms with van der Waals surface area (Å²) in [5, 5.41) is 0. The molecule has 1 aromatic heterocycles. The minimum atomic E-state index is -0.196. The molecule has 0 radical (unpaired) electrons. The highest BCUT2D eigenvalue weighted by Gasteiger charge is 2.52. The van der Waals surface area contributed by atoms with Gasteiger partial charge in [-0.15, -0.1) is 0 Å². The van der Waals surface area contributed by atoms with Gasteiger partial charge >= 0.3 is 0 Å². The van der Waals surface area contributed by atoms with Crippen molar-refractivity contribution in [2.24, 2.45) is 0 Å². The Labute approximate surface area is 141 Å². The molecule has 5 nitrogen and oxygen atoms in total. The minimum absolute atomic E-state index is 0.0841. The van der Waals surface area contributed by atoms with Crippen molar-refractivity contribution >= 4 is 17.7 Å². The van der Waals surface area contributed by atoms with Gasteiger partial charge in [-0.25, -0.2) is 4.98 Å². The number of thioether (sulfide) groups is 1. The lowest BCUT2D eigenvalue weighted by molar-refractivity contribution is -0.136. The molecule has 3 atom stereocenters. The number of fused-ring (bicyclic) bond motifs is 1. The van der Waals surface area contributed by atoms with E-state index in [1.54, 1.807) is 25.1 Å². The zero-order valence-electron chi connectivity index (χ0n) is 13.7. The molecule has 3 rings (SSSR count). The van der Waals surface area contributed by atoms with Gasteiger partial charge in [-0.05, 0) is 31.6 Å². The van der Waals surface area contributed by atoms with E-state index < -0.39 is 0 Å². The largest absolute Gasteiger partial charge is 0.474 e. The van der Waals surface area contributed by atoms with Crippen molar-refractivity contribution in [2.45, 2.75) is 43.4 Å². The van der Waals surface area contributed by atoms with Gasteiger partial charge in [-0.1, -0.05) is 6.07 Å². The van der Waals surface area contributed by atoms with E-state index in [1.807, 2.05) is 29.4 Å². The first kappa shape index (κ1) is 16.6. The number of methoxy groups -OCH3 is 1. The van der Waals surface area contributed by atoms with Crippen LogP contribution in [0.3, 0.4) is 0 Å². The Bertz CT molecular complexity index is 542. The van der Waals surface area contributed by atoms with Crippen LogP contribution in [0.15, 0.2) is 24.4 Å². The highest BCUT2D eigenvalue weighted by molar-refractivity contribution is 7.99. The summed E-state index contributed by atoms with van der Waals surface area (Å²) >= 11 is 1.57. The lowest BCUT2D eigenvalue weighted by Crippen LogP contribution is -2.54. The third-order valence-corrected chi connectivity index (χ3v) is 5.59. The van der Waals surface area contributed by atoms with Crippen LogP contribution < -0.4 is 4.74 Å². The van der Waals surface area contributed by atoms with E-state index in [1.165, 1.54) is 0 Å². The zero-order valence-corrected chi connectivity index (χ0v) is 14.6. The molecular weight excluding hydrogens is 312 g/mol. The molecule has 1 aliphatic heterocycles. The Balaban J connectivity index is 1.72. The third kappa shape index (κ3) is 3.33. The fourth-order valence-electron chi connectivity index (χ4n) is 3.86. The minimum Gasteiger partial charge on any atom is -0.474 e. The van der Waals surface area contributed by atoms with Gasteiger partial charge in [0.25, 0.3) is 0 Å². The van der Waals surface area contributed by atoms with Gasteiger partial charge in [0.05, 0.1) is 17.4 Å². The molecule has 2 aliphatic rings. The molecule has 0 N–H and O–H groups in total. The smallest absolute Gasteiger partial charge is 0.232 e. The molecule has 6 heteroatoms. The number of aromatic nitrogens is 1. The van der Waals surface area contributed by atoms with Gasteiger partial charge in [-0.3, -0.25) is 4.79 Å². The van der Waals surface area contributed by atoms with E-state index in [4.69, 9.17) is 9.47 Å². The number of nitrogens with zero attached hydrogens (tertiary/aromatic N) is 2. The Morgan fingerprint density at radius 2 is 2.35 bits per heavy atom. The monoisotopic (exact) mass is 336 g/mol. The normalized spacial score (nSPS) is 30.1. The fraction of sp³-hybridized carbons (Fsp3) is 0.647. The first-order chi connectivity index (χ1) is 11.2. The fourth-order valence-corrected chi connectivity index (χ4v) is 4.27. The van der Waals surface area contributed by atoms with Crippen LogP contribution in [-0.2, 0) is 9.53 Å². The summed E-state index contributed by atoms with van der Waals surface area (Å²) in [7, 11) is 1.77. The first-order valence-electron chi connectivity index (χ1n) is 8.10. The number of hydrogen-bond donors (Lipinski definition) is 0. The number of likely N-dealkylation sites (tertiary alicyclic amines) is 1. The summed E-state index contributed by atoms with van der Waals surface area (Å²) in [5.41, 5.74) is -0.196. The van der Waals surface area contributed by atoms with Crippen LogP contribution in [0.4, 0.5) is 0 Å². The third-order valence-electron chi connectivity index (χ3n) is 5.05. The molecule has 1 aromatic rings. The van der Waals surface area contributed by atoms with Crippen LogP contribution in [0.5, 0.6) is 5.88 Å². The molecule has 23 heavy (non-hydrogen) atoms. The van der Waals surface area contributed by atoms with Crippen molar-refractivity contribution in [1.29, 1.82) is 0 Å². The van der Waals surface area contributed by atoms with E-state index >= 15 is 0 Å². The molecule has 0 bridgehead atoms. The van der Waals surface area contributed by atoms with E-state index in [0.29, 0.717) is 11.6 Å². The number of pyridine rings is 1. The maximum Gasteiger partial charge on any atom is 0.232 e. The predicted octanol–water partition coefficient (Wildman–Crippen LogP) is 2.36. The highest BCUT2D eigenvalue weighted by atomic mass is 32.2. The summed E-state index contributed by atoms with van der Waals surface area (Å²) in [6, 6.07) is 5.79. The lowest BCUT2D eigenvalue weighted by Gasteiger charge is -2.43. The van der Waals surface area contributed by atoms with Crippen molar-refractivity contribution in [3.05, 3.63) is 24.4 Å². The van der Waals surface area contributed by atoms with E-state index in [2.05, 4.69) is 4.98 Å². The second kappa shape index (κ2) is 7.09. The average Bonchev–Trinajstić information content (AvgIpc) is 2.95. The molecule has 1 amide bonds. The molecular formula is C17H24N2O3S. The molecule has 2 fully saturated rings. The van der Waals surface area contributed by atoms with Gasteiger partial charge in [0.1, 0.15) is 6.10 Å². The van der Waals surface area contributed by atoms with E-state index in [9.17, 15) is 4.79 Å². The maximum absolute atomic E-state index is 12.4. The zero-order chi connectivity index (χ0) is 16.3. The van der Waals surface area contributed by atoms with Crippen LogP contribution in [0.2, 0.25) is 0 Å². The Kier molecular flexibility index (Phi) is 5.11. The van der Waals surface area contributed by atoms with Gasteiger partial charge in [-0.2, -0.15) is 11.8 Å². The summed E-state index contributed by atoms with van der Waals surface area (Å²) in [5.74, 6) is 1.39. The molecule has 1 saturated carbocycles. The van der Waals surface area contributed by atoms with Crippen molar-refractivity contribution < 1.29 is 14.3 Å². The molecule has 1 aliphatic carbocycles. The maximum atomic E-state index is 12.4. The Morgan fingerprint density at radius 1 is 1.48 bits per heavy atom. The number of ether oxygens (including phenoxy) is 2. The van der Waals surface area contributed by atoms with Crippen LogP contribution >= 0.6 is 11.8 Å². The summed E-state index contributed by atoms with van der Waals surface area (Å²) < 4.78 is 11.9. The average molecular weight is 336 g/mol. The van der Waals surface area contributed by atoms with E-state index in [0.717, 1.165) is 32.2 Å².